The van der Waals surface area contributed by atoms with Crippen molar-refractivity contribution in [2.75, 3.05) is 6.54 Å². The van der Waals surface area contributed by atoms with Crippen molar-refractivity contribution < 1.29 is 14.7 Å². The van der Waals surface area contributed by atoms with Gasteiger partial charge in [-0.3, -0.25) is 4.79 Å². The van der Waals surface area contributed by atoms with Crippen molar-refractivity contribution in [2.45, 2.75) is 19.8 Å². The Balaban J connectivity index is 2.24. The number of carbonyl (C=O) groups is 2. The number of rotatable bonds is 4. The first kappa shape index (κ1) is 9.03. The molecule has 0 aromatic carbocycles. The van der Waals surface area contributed by atoms with Crippen LogP contribution < -0.4 is 10.4 Å². The lowest BCUT2D eigenvalue weighted by molar-refractivity contribution is -0.308. The number of amides is 1. The van der Waals surface area contributed by atoms with E-state index in [1.54, 1.807) is 0 Å². The molecule has 1 fully saturated rings. The molecular weight excluding hydrogens is 158 g/mol. The van der Waals surface area contributed by atoms with Crippen LogP contribution in [-0.4, -0.2) is 18.4 Å². The Bertz CT molecular complexity index is 202. The van der Waals surface area contributed by atoms with Crippen LogP contribution in [0.4, 0.5) is 0 Å². The van der Waals surface area contributed by atoms with Gasteiger partial charge in [-0.05, 0) is 12.8 Å². The lowest BCUT2D eigenvalue weighted by Gasteiger charge is -2.02. The average Bonchev–Trinajstić information content (AvgIpc) is 2.78. The third-order valence-electron chi connectivity index (χ3n) is 1.98. The highest BCUT2D eigenvalue weighted by Crippen LogP contribution is 2.37. The summed E-state index contributed by atoms with van der Waals surface area (Å²) in [5, 5.41) is 12.9. The van der Waals surface area contributed by atoms with E-state index in [2.05, 4.69) is 5.32 Å². The van der Waals surface area contributed by atoms with Crippen molar-refractivity contribution in [3.63, 3.8) is 0 Å². The van der Waals surface area contributed by atoms with Gasteiger partial charge in [-0.25, -0.2) is 0 Å². The summed E-state index contributed by atoms with van der Waals surface area (Å²) in [6.45, 7) is 2.57. The number of nitrogens with one attached hydrogen (secondary N) is 1. The van der Waals surface area contributed by atoms with Gasteiger partial charge in [0.2, 0.25) is 5.91 Å². The largest absolute Gasteiger partial charge is 0.550 e. The maximum atomic E-state index is 11.1. The first-order valence-electron chi connectivity index (χ1n) is 4.15. The molecule has 68 valence electrons. The Morgan fingerprint density at radius 3 is 2.58 bits per heavy atom. The fraction of sp³-hybridized carbons (Fsp3) is 0.750. The van der Waals surface area contributed by atoms with Crippen molar-refractivity contribution in [3.8, 4) is 0 Å². The second-order valence-corrected chi connectivity index (χ2v) is 3.06. The number of carbonyl (C=O) groups excluding carboxylic acids is 2. The highest BCUT2D eigenvalue weighted by Gasteiger charge is 2.43. The van der Waals surface area contributed by atoms with E-state index < -0.39 is 11.9 Å². The number of carboxylic acids is 1. The molecule has 0 spiro atoms. The molecule has 12 heavy (non-hydrogen) atoms. The van der Waals surface area contributed by atoms with Gasteiger partial charge < -0.3 is 15.2 Å². The van der Waals surface area contributed by atoms with Crippen LogP contribution in [0.1, 0.15) is 19.8 Å². The van der Waals surface area contributed by atoms with E-state index in [1.165, 1.54) is 0 Å². The van der Waals surface area contributed by atoms with Crippen LogP contribution in [-0.2, 0) is 9.59 Å². The molecule has 2 unspecified atom stereocenters. The number of hydrogen-bond acceptors (Lipinski definition) is 3. The highest BCUT2D eigenvalue weighted by molar-refractivity contribution is 5.88. The molecule has 0 aromatic heterocycles. The van der Waals surface area contributed by atoms with Crippen molar-refractivity contribution in [1.29, 1.82) is 0 Å². The fourth-order valence-electron chi connectivity index (χ4n) is 1.12. The molecule has 0 saturated heterocycles. The Morgan fingerprint density at radius 1 is 1.50 bits per heavy atom. The molecule has 1 aliphatic rings. The third-order valence-corrected chi connectivity index (χ3v) is 1.98. The molecule has 1 N–H and O–H groups in total. The molecule has 1 rings (SSSR count). The van der Waals surface area contributed by atoms with E-state index in [1.807, 2.05) is 6.92 Å². The van der Waals surface area contributed by atoms with Crippen LogP contribution in [0.25, 0.3) is 0 Å². The van der Waals surface area contributed by atoms with E-state index in [-0.39, 0.29) is 11.8 Å². The molecular formula is C8H12NO3-. The van der Waals surface area contributed by atoms with Crippen LogP contribution in [0, 0.1) is 11.8 Å². The summed E-state index contributed by atoms with van der Waals surface area (Å²) in [6.07, 6.45) is 1.31. The lowest BCUT2D eigenvalue weighted by Crippen LogP contribution is -2.30. The molecule has 2 atom stereocenters. The fourth-order valence-corrected chi connectivity index (χ4v) is 1.12. The van der Waals surface area contributed by atoms with E-state index in [0.29, 0.717) is 13.0 Å². The molecule has 1 amide bonds. The van der Waals surface area contributed by atoms with Crippen LogP contribution in [0.15, 0.2) is 0 Å². The number of hydrogen-bond donors (Lipinski definition) is 1. The summed E-state index contributed by atoms with van der Waals surface area (Å²) in [5.41, 5.74) is 0. The number of carboxylic acid groups (broad SMARTS) is 1. The summed E-state index contributed by atoms with van der Waals surface area (Å²) in [5.74, 6) is -2.12. The summed E-state index contributed by atoms with van der Waals surface area (Å²) < 4.78 is 0. The molecule has 0 heterocycles. The van der Waals surface area contributed by atoms with Crippen molar-refractivity contribution in [3.05, 3.63) is 0 Å². The van der Waals surface area contributed by atoms with Gasteiger partial charge in [0.1, 0.15) is 0 Å². The average molecular weight is 170 g/mol. The minimum Gasteiger partial charge on any atom is -0.550 e. The van der Waals surface area contributed by atoms with Gasteiger partial charge >= 0.3 is 0 Å². The zero-order chi connectivity index (χ0) is 9.14. The van der Waals surface area contributed by atoms with Gasteiger partial charge in [0.25, 0.3) is 0 Å². The minimum atomic E-state index is -1.10. The van der Waals surface area contributed by atoms with Gasteiger partial charge in [-0.1, -0.05) is 6.92 Å². The maximum absolute atomic E-state index is 11.1. The van der Waals surface area contributed by atoms with E-state index >= 15 is 0 Å². The maximum Gasteiger partial charge on any atom is 0.223 e. The monoisotopic (exact) mass is 170 g/mol. The topological polar surface area (TPSA) is 69.2 Å². The first-order valence-corrected chi connectivity index (χ1v) is 4.15. The molecule has 1 aliphatic carbocycles. The van der Waals surface area contributed by atoms with Gasteiger partial charge in [0.15, 0.2) is 0 Å². The summed E-state index contributed by atoms with van der Waals surface area (Å²) in [4.78, 5) is 21.3. The van der Waals surface area contributed by atoms with Gasteiger partial charge in [0, 0.05) is 24.3 Å². The van der Waals surface area contributed by atoms with Crippen molar-refractivity contribution in [1.82, 2.24) is 5.32 Å². The first-order chi connectivity index (χ1) is 5.66. The molecule has 0 aliphatic heterocycles. The smallest absolute Gasteiger partial charge is 0.223 e. The molecule has 0 radical (unpaired) electrons. The quantitative estimate of drug-likeness (QED) is 0.582. The van der Waals surface area contributed by atoms with E-state index in [4.69, 9.17) is 0 Å². The molecule has 0 bridgehead atoms. The van der Waals surface area contributed by atoms with Crippen molar-refractivity contribution >= 4 is 11.9 Å². The number of aliphatic carboxylic acids is 1. The van der Waals surface area contributed by atoms with Crippen LogP contribution in [0.5, 0.6) is 0 Å². The lowest BCUT2D eigenvalue weighted by atomic mass is 10.3. The highest BCUT2D eigenvalue weighted by atomic mass is 16.4. The van der Waals surface area contributed by atoms with Crippen LogP contribution in [0.2, 0.25) is 0 Å². The van der Waals surface area contributed by atoms with Crippen molar-refractivity contribution in [2.24, 2.45) is 11.8 Å². The van der Waals surface area contributed by atoms with E-state index in [9.17, 15) is 14.7 Å². The molecule has 4 nitrogen and oxygen atoms in total. The molecule has 1 saturated carbocycles. The van der Waals surface area contributed by atoms with E-state index in [0.717, 1.165) is 6.42 Å². The molecule has 4 heteroatoms. The van der Waals surface area contributed by atoms with Gasteiger partial charge in [0.05, 0.1) is 0 Å². The zero-order valence-electron chi connectivity index (χ0n) is 7.00. The Labute approximate surface area is 71.0 Å². The van der Waals surface area contributed by atoms with Gasteiger partial charge in [-0.2, -0.15) is 0 Å². The zero-order valence-corrected chi connectivity index (χ0v) is 7.00. The third kappa shape index (κ3) is 1.96. The van der Waals surface area contributed by atoms with Gasteiger partial charge in [-0.15, -0.1) is 0 Å². The van der Waals surface area contributed by atoms with Crippen LogP contribution >= 0.6 is 0 Å². The molecule has 0 aromatic rings. The Kier molecular flexibility index (Phi) is 2.68. The summed E-state index contributed by atoms with van der Waals surface area (Å²) in [7, 11) is 0. The Morgan fingerprint density at radius 2 is 2.17 bits per heavy atom. The standard InChI is InChI=1S/C8H13NO3/c1-2-3-9-7(10)5-4-6(5)8(11)12/h5-6H,2-4H2,1H3,(H,9,10)(H,11,12)/p-1. The van der Waals surface area contributed by atoms with Crippen LogP contribution in [0.3, 0.4) is 0 Å². The second-order valence-electron chi connectivity index (χ2n) is 3.06. The normalized spacial score (nSPS) is 26.4. The summed E-state index contributed by atoms with van der Waals surface area (Å²) >= 11 is 0. The Hall–Kier alpha value is -1.06. The second kappa shape index (κ2) is 3.56. The predicted molar refractivity (Wildman–Crippen MR) is 39.9 cm³/mol. The minimum absolute atomic E-state index is 0.147. The summed E-state index contributed by atoms with van der Waals surface area (Å²) in [6, 6.07) is 0. The predicted octanol–water partition coefficient (Wildman–Crippen LogP) is -1.10. The SMILES string of the molecule is CCCNC(=O)C1CC1C(=O)[O-].